The first kappa shape index (κ1) is 17.9. The van der Waals surface area contributed by atoms with Gasteiger partial charge in [-0.15, -0.1) is 0 Å². The Kier molecular flexibility index (Phi) is 5.73. The minimum atomic E-state index is 0.145. The smallest absolute Gasteiger partial charge is 0.258 e. The monoisotopic (exact) mass is 448 g/mol. The second-order valence-corrected chi connectivity index (χ2v) is 7.34. The van der Waals surface area contributed by atoms with Gasteiger partial charge < -0.3 is 9.26 Å². The molecular weight excluding hydrogens is 427 g/mol. The van der Waals surface area contributed by atoms with Gasteiger partial charge in [-0.1, -0.05) is 30.6 Å². The molecule has 3 rings (SSSR count). The highest BCUT2D eigenvalue weighted by molar-refractivity contribution is 14.1. The molecule has 0 fully saturated rings. The molecular formula is C20H21IN2O2. The molecule has 0 bridgehead atoms. The molecule has 0 aliphatic rings. The fraction of sp³-hybridized carbons (Fsp3) is 0.300. The number of ether oxygens (including phenoxy) is 1. The molecule has 25 heavy (non-hydrogen) atoms. The zero-order valence-corrected chi connectivity index (χ0v) is 16.8. The van der Waals surface area contributed by atoms with E-state index in [2.05, 4.69) is 51.8 Å². The highest BCUT2D eigenvalue weighted by Gasteiger charge is 2.13. The molecule has 0 atom stereocenters. The number of rotatable bonds is 6. The van der Waals surface area contributed by atoms with Crippen molar-refractivity contribution in [1.82, 2.24) is 10.1 Å². The van der Waals surface area contributed by atoms with E-state index in [1.807, 2.05) is 44.2 Å². The van der Waals surface area contributed by atoms with E-state index in [1.165, 1.54) is 5.56 Å². The van der Waals surface area contributed by atoms with Crippen molar-refractivity contribution in [2.45, 2.75) is 39.7 Å². The molecule has 1 heterocycles. The van der Waals surface area contributed by atoms with E-state index in [4.69, 9.17) is 9.26 Å². The van der Waals surface area contributed by atoms with Gasteiger partial charge in [-0.3, -0.25) is 0 Å². The van der Waals surface area contributed by atoms with E-state index in [1.54, 1.807) is 0 Å². The van der Waals surface area contributed by atoms with Crippen LogP contribution in [-0.2, 0) is 6.42 Å². The lowest BCUT2D eigenvalue weighted by atomic mass is 10.1. The Bertz CT molecular complexity index is 841. The third-order valence-electron chi connectivity index (χ3n) is 3.72. The first-order valence-corrected chi connectivity index (χ1v) is 9.54. The van der Waals surface area contributed by atoms with Gasteiger partial charge in [0.2, 0.25) is 5.82 Å². The molecule has 0 amide bonds. The van der Waals surface area contributed by atoms with E-state index in [-0.39, 0.29) is 6.10 Å². The predicted molar refractivity (Wildman–Crippen MR) is 108 cm³/mol. The Morgan fingerprint density at radius 2 is 1.80 bits per heavy atom. The summed E-state index contributed by atoms with van der Waals surface area (Å²) in [4.78, 5) is 4.54. The first-order chi connectivity index (χ1) is 12.1. The normalized spacial score (nSPS) is 11.1. The SMILES string of the molecule is CCCc1ccc(-c2nc(-c3ccc(OC(C)C)c(I)c3)no2)cc1. The van der Waals surface area contributed by atoms with Crippen molar-refractivity contribution in [2.75, 3.05) is 0 Å². The van der Waals surface area contributed by atoms with Gasteiger partial charge in [-0.2, -0.15) is 4.98 Å². The number of benzene rings is 2. The summed E-state index contributed by atoms with van der Waals surface area (Å²) in [6.45, 7) is 6.21. The van der Waals surface area contributed by atoms with Gasteiger partial charge in [-0.05, 0) is 78.8 Å². The van der Waals surface area contributed by atoms with Crippen LogP contribution in [0.25, 0.3) is 22.8 Å². The molecule has 130 valence electrons. The van der Waals surface area contributed by atoms with Crippen molar-refractivity contribution in [3.63, 3.8) is 0 Å². The van der Waals surface area contributed by atoms with Gasteiger partial charge in [0.1, 0.15) is 5.75 Å². The summed E-state index contributed by atoms with van der Waals surface area (Å²) in [7, 11) is 0. The van der Waals surface area contributed by atoms with Gasteiger partial charge in [-0.25, -0.2) is 0 Å². The third kappa shape index (κ3) is 4.39. The molecule has 0 aliphatic heterocycles. The molecule has 5 heteroatoms. The largest absolute Gasteiger partial charge is 0.490 e. The zero-order valence-electron chi connectivity index (χ0n) is 14.6. The van der Waals surface area contributed by atoms with Crippen LogP contribution < -0.4 is 4.74 Å². The molecule has 0 unspecified atom stereocenters. The van der Waals surface area contributed by atoms with Crippen LogP contribution in [0.4, 0.5) is 0 Å². The van der Waals surface area contributed by atoms with Crippen LogP contribution in [0.1, 0.15) is 32.8 Å². The van der Waals surface area contributed by atoms with Crippen molar-refractivity contribution >= 4 is 22.6 Å². The average Bonchev–Trinajstić information content (AvgIpc) is 3.07. The van der Waals surface area contributed by atoms with Crippen LogP contribution >= 0.6 is 22.6 Å². The van der Waals surface area contributed by atoms with E-state index in [9.17, 15) is 0 Å². The van der Waals surface area contributed by atoms with Gasteiger partial charge in [0.15, 0.2) is 0 Å². The van der Waals surface area contributed by atoms with Gasteiger partial charge in [0, 0.05) is 11.1 Å². The number of aryl methyl sites for hydroxylation is 1. The molecule has 0 saturated heterocycles. The predicted octanol–water partition coefficient (Wildman–Crippen LogP) is 5.75. The number of aromatic nitrogens is 2. The first-order valence-electron chi connectivity index (χ1n) is 8.46. The van der Waals surface area contributed by atoms with Crippen LogP contribution in [0.2, 0.25) is 0 Å². The lowest BCUT2D eigenvalue weighted by molar-refractivity contribution is 0.240. The summed E-state index contributed by atoms with van der Waals surface area (Å²) in [6.07, 6.45) is 2.37. The number of hydrogen-bond donors (Lipinski definition) is 0. The number of nitrogens with zero attached hydrogens (tertiary/aromatic N) is 2. The zero-order chi connectivity index (χ0) is 17.8. The number of hydrogen-bond acceptors (Lipinski definition) is 4. The van der Waals surface area contributed by atoms with E-state index < -0.39 is 0 Å². The van der Waals surface area contributed by atoms with Crippen molar-refractivity contribution < 1.29 is 9.26 Å². The topological polar surface area (TPSA) is 48.2 Å². The van der Waals surface area contributed by atoms with Crippen molar-refractivity contribution in [3.05, 3.63) is 51.6 Å². The maximum atomic E-state index is 5.77. The van der Waals surface area contributed by atoms with Crippen molar-refractivity contribution in [1.29, 1.82) is 0 Å². The Morgan fingerprint density at radius 3 is 2.44 bits per heavy atom. The second kappa shape index (κ2) is 7.99. The van der Waals surface area contributed by atoms with Crippen LogP contribution in [0.5, 0.6) is 5.75 Å². The van der Waals surface area contributed by atoms with Crippen molar-refractivity contribution in [3.8, 4) is 28.6 Å². The fourth-order valence-corrected chi connectivity index (χ4v) is 3.19. The molecule has 2 aromatic carbocycles. The Balaban J connectivity index is 1.82. The molecule has 1 aromatic heterocycles. The molecule has 0 aliphatic carbocycles. The van der Waals surface area contributed by atoms with Gasteiger partial charge >= 0.3 is 0 Å². The Hall–Kier alpha value is -1.89. The van der Waals surface area contributed by atoms with Crippen LogP contribution in [0.15, 0.2) is 47.0 Å². The van der Waals surface area contributed by atoms with Gasteiger partial charge in [0.05, 0.1) is 9.67 Å². The van der Waals surface area contributed by atoms with E-state index >= 15 is 0 Å². The lowest BCUT2D eigenvalue weighted by Crippen LogP contribution is -2.06. The van der Waals surface area contributed by atoms with Crippen LogP contribution in [0, 0.1) is 3.57 Å². The van der Waals surface area contributed by atoms with E-state index in [0.717, 1.165) is 33.3 Å². The molecule has 0 radical (unpaired) electrons. The van der Waals surface area contributed by atoms with E-state index in [0.29, 0.717) is 11.7 Å². The van der Waals surface area contributed by atoms with Crippen molar-refractivity contribution in [2.24, 2.45) is 0 Å². The summed E-state index contributed by atoms with van der Waals surface area (Å²) >= 11 is 2.26. The summed E-state index contributed by atoms with van der Waals surface area (Å²) in [5.41, 5.74) is 3.17. The Labute approximate surface area is 161 Å². The Morgan fingerprint density at radius 1 is 1.08 bits per heavy atom. The maximum Gasteiger partial charge on any atom is 0.258 e. The molecule has 3 aromatic rings. The van der Waals surface area contributed by atoms with Crippen LogP contribution in [0.3, 0.4) is 0 Å². The fourth-order valence-electron chi connectivity index (χ4n) is 2.55. The lowest BCUT2D eigenvalue weighted by Gasteiger charge is -2.11. The van der Waals surface area contributed by atoms with Crippen LogP contribution in [-0.4, -0.2) is 16.2 Å². The highest BCUT2D eigenvalue weighted by Crippen LogP contribution is 2.28. The highest BCUT2D eigenvalue weighted by atomic mass is 127. The molecule has 0 N–H and O–H groups in total. The summed E-state index contributed by atoms with van der Waals surface area (Å²) < 4.78 is 12.2. The molecule has 0 saturated carbocycles. The minimum absolute atomic E-state index is 0.145. The third-order valence-corrected chi connectivity index (χ3v) is 4.56. The van der Waals surface area contributed by atoms with Gasteiger partial charge in [0.25, 0.3) is 5.89 Å². The quantitative estimate of drug-likeness (QED) is 0.451. The molecule has 4 nitrogen and oxygen atoms in total. The molecule has 0 spiro atoms. The average molecular weight is 448 g/mol. The minimum Gasteiger partial charge on any atom is -0.490 e. The standard InChI is InChI=1S/C20H21IN2O2/c1-4-5-14-6-8-15(9-7-14)20-22-19(23-25-20)16-10-11-18(17(21)12-16)24-13(2)3/h6-13H,4-5H2,1-3H3. The summed E-state index contributed by atoms with van der Waals surface area (Å²) in [5.74, 6) is 1.99. The summed E-state index contributed by atoms with van der Waals surface area (Å²) in [6, 6.07) is 14.2. The summed E-state index contributed by atoms with van der Waals surface area (Å²) in [5, 5.41) is 4.12. The number of halogens is 1. The second-order valence-electron chi connectivity index (χ2n) is 6.18. The maximum absolute atomic E-state index is 5.77.